The highest BCUT2D eigenvalue weighted by molar-refractivity contribution is 5.91. The van der Waals surface area contributed by atoms with Crippen LogP contribution in [0.4, 0.5) is 11.4 Å². The minimum Gasteiger partial charge on any atom is -0.324 e. The maximum atomic E-state index is 12.4. The minimum absolute atomic E-state index is 0.0685. The van der Waals surface area contributed by atoms with Gasteiger partial charge in [0.2, 0.25) is 5.91 Å². The Morgan fingerprint density at radius 2 is 1.80 bits per heavy atom. The second kappa shape index (κ2) is 6.52. The Hall–Kier alpha value is -3.55. The number of amides is 1. The SMILES string of the molecule is Cc1nn(CC(=O)Nc2ccc([N+](=O)[O-])cc2)c(=O)c2ccccc12. The van der Waals surface area contributed by atoms with Crippen LogP contribution >= 0.6 is 0 Å². The van der Waals surface area contributed by atoms with Gasteiger partial charge in [-0.05, 0) is 25.1 Å². The number of hydrogen-bond acceptors (Lipinski definition) is 5. The average Bonchev–Trinajstić information content (AvgIpc) is 2.60. The van der Waals surface area contributed by atoms with E-state index in [0.29, 0.717) is 16.8 Å². The molecule has 0 radical (unpaired) electrons. The molecule has 0 saturated heterocycles. The highest BCUT2D eigenvalue weighted by Crippen LogP contribution is 2.15. The lowest BCUT2D eigenvalue weighted by molar-refractivity contribution is -0.384. The number of aromatic nitrogens is 2. The topological polar surface area (TPSA) is 107 Å². The summed E-state index contributed by atoms with van der Waals surface area (Å²) >= 11 is 0. The van der Waals surface area contributed by atoms with Crippen LogP contribution in [-0.4, -0.2) is 20.6 Å². The zero-order chi connectivity index (χ0) is 18.0. The van der Waals surface area contributed by atoms with E-state index in [1.54, 1.807) is 25.1 Å². The van der Waals surface area contributed by atoms with Crippen LogP contribution in [0.1, 0.15) is 5.69 Å². The number of anilines is 1. The largest absolute Gasteiger partial charge is 0.324 e. The summed E-state index contributed by atoms with van der Waals surface area (Å²) in [5.41, 5.74) is 0.639. The van der Waals surface area contributed by atoms with E-state index < -0.39 is 10.8 Å². The molecule has 8 nitrogen and oxygen atoms in total. The molecule has 0 unspecified atom stereocenters. The number of benzene rings is 2. The van der Waals surface area contributed by atoms with Gasteiger partial charge in [-0.3, -0.25) is 19.7 Å². The maximum Gasteiger partial charge on any atom is 0.275 e. The second-order valence-electron chi connectivity index (χ2n) is 5.45. The number of fused-ring (bicyclic) bond motifs is 1. The summed E-state index contributed by atoms with van der Waals surface area (Å²) in [6.45, 7) is 1.52. The summed E-state index contributed by atoms with van der Waals surface area (Å²) in [5, 5.41) is 18.6. The first-order valence-electron chi connectivity index (χ1n) is 7.46. The fraction of sp³-hybridized carbons (Fsp3) is 0.118. The molecule has 1 heterocycles. The van der Waals surface area contributed by atoms with Crippen molar-refractivity contribution in [3.8, 4) is 0 Å². The number of carbonyl (C=O) groups excluding carboxylic acids is 1. The number of nitrogens with one attached hydrogen (secondary N) is 1. The summed E-state index contributed by atoms with van der Waals surface area (Å²) in [6, 6.07) is 12.5. The van der Waals surface area contributed by atoms with Gasteiger partial charge in [0.1, 0.15) is 6.54 Å². The van der Waals surface area contributed by atoms with Crippen LogP contribution in [0, 0.1) is 17.0 Å². The van der Waals surface area contributed by atoms with Crippen molar-refractivity contribution in [1.82, 2.24) is 9.78 Å². The number of nitro groups is 1. The van der Waals surface area contributed by atoms with E-state index in [4.69, 9.17) is 0 Å². The fourth-order valence-corrected chi connectivity index (χ4v) is 2.51. The lowest BCUT2D eigenvalue weighted by Gasteiger charge is -2.09. The molecule has 25 heavy (non-hydrogen) atoms. The Bertz CT molecular complexity index is 1020. The molecule has 8 heteroatoms. The van der Waals surface area contributed by atoms with E-state index in [1.165, 1.54) is 24.3 Å². The zero-order valence-electron chi connectivity index (χ0n) is 13.3. The minimum atomic E-state index is -0.521. The van der Waals surface area contributed by atoms with E-state index in [9.17, 15) is 19.7 Å². The first kappa shape index (κ1) is 16.3. The van der Waals surface area contributed by atoms with Crippen molar-refractivity contribution in [2.45, 2.75) is 13.5 Å². The van der Waals surface area contributed by atoms with E-state index >= 15 is 0 Å². The molecule has 3 aromatic rings. The molecule has 0 aliphatic carbocycles. The molecule has 0 aliphatic rings. The van der Waals surface area contributed by atoms with Gasteiger partial charge in [-0.25, -0.2) is 4.68 Å². The van der Waals surface area contributed by atoms with Gasteiger partial charge in [0.05, 0.1) is 16.0 Å². The van der Waals surface area contributed by atoms with E-state index in [0.717, 1.165) is 10.1 Å². The molecule has 126 valence electrons. The van der Waals surface area contributed by atoms with E-state index in [1.807, 2.05) is 6.07 Å². The first-order chi connectivity index (χ1) is 12.0. The summed E-state index contributed by atoms with van der Waals surface area (Å²) in [4.78, 5) is 34.7. The predicted molar refractivity (Wildman–Crippen MR) is 92.5 cm³/mol. The molecule has 0 aliphatic heterocycles. The van der Waals surface area contributed by atoms with Crippen LogP contribution in [0.5, 0.6) is 0 Å². The molecule has 0 atom stereocenters. The number of aryl methyl sites for hydroxylation is 1. The Balaban J connectivity index is 1.81. The van der Waals surface area contributed by atoms with E-state index in [2.05, 4.69) is 10.4 Å². The van der Waals surface area contributed by atoms with Crippen molar-refractivity contribution >= 4 is 28.1 Å². The zero-order valence-corrected chi connectivity index (χ0v) is 13.3. The third kappa shape index (κ3) is 3.37. The van der Waals surface area contributed by atoms with Gasteiger partial charge >= 0.3 is 0 Å². The van der Waals surface area contributed by atoms with Crippen LogP contribution in [-0.2, 0) is 11.3 Å². The van der Waals surface area contributed by atoms with Gasteiger partial charge < -0.3 is 5.32 Å². The molecule has 0 bridgehead atoms. The van der Waals surface area contributed by atoms with Gasteiger partial charge in [0.15, 0.2) is 0 Å². The summed E-state index contributed by atoms with van der Waals surface area (Å²) in [7, 11) is 0. The van der Waals surface area contributed by atoms with Gasteiger partial charge in [-0.15, -0.1) is 0 Å². The third-order valence-electron chi connectivity index (χ3n) is 3.71. The number of nitrogens with zero attached hydrogens (tertiary/aromatic N) is 3. The second-order valence-corrected chi connectivity index (χ2v) is 5.45. The average molecular weight is 338 g/mol. The van der Waals surface area contributed by atoms with Crippen molar-refractivity contribution in [3.05, 3.63) is 74.7 Å². The molecule has 0 saturated carbocycles. The first-order valence-corrected chi connectivity index (χ1v) is 7.46. The number of carbonyl (C=O) groups is 1. The predicted octanol–water partition coefficient (Wildman–Crippen LogP) is 2.25. The molecular formula is C17H14N4O4. The van der Waals surface area contributed by atoms with Crippen LogP contribution in [0.15, 0.2) is 53.3 Å². The van der Waals surface area contributed by atoms with E-state index in [-0.39, 0.29) is 17.8 Å². The summed E-state index contributed by atoms with van der Waals surface area (Å²) in [6.07, 6.45) is 0. The Kier molecular flexibility index (Phi) is 4.25. The highest BCUT2D eigenvalue weighted by atomic mass is 16.6. The normalized spacial score (nSPS) is 10.6. The third-order valence-corrected chi connectivity index (χ3v) is 3.71. The molecule has 1 aromatic heterocycles. The van der Waals surface area contributed by atoms with Gasteiger partial charge in [-0.1, -0.05) is 18.2 Å². The molecule has 3 rings (SSSR count). The van der Waals surface area contributed by atoms with Gasteiger partial charge in [0.25, 0.3) is 11.2 Å². The van der Waals surface area contributed by atoms with Crippen molar-refractivity contribution < 1.29 is 9.72 Å². The van der Waals surface area contributed by atoms with Crippen molar-refractivity contribution in [1.29, 1.82) is 0 Å². The lowest BCUT2D eigenvalue weighted by atomic mass is 10.1. The van der Waals surface area contributed by atoms with Gasteiger partial charge in [-0.2, -0.15) is 5.10 Å². The molecule has 2 aromatic carbocycles. The monoisotopic (exact) mass is 338 g/mol. The van der Waals surface area contributed by atoms with Crippen LogP contribution in [0.3, 0.4) is 0 Å². The Morgan fingerprint density at radius 1 is 1.16 bits per heavy atom. The molecular weight excluding hydrogens is 324 g/mol. The Morgan fingerprint density at radius 3 is 2.44 bits per heavy atom. The molecule has 1 amide bonds. The number of nitro benzene ring substituents is 1. The van der Waals surface area contributed by atoms with Crippen LogP contribution in [0.2, 0.25) is 0 Å². The maximum absolute atomic E-state index is 12.4. The quantitative estimate of drug-likeness (QED) is 0.580. The fourth-order valence-electron chi connectivity index (χ4n) is 2.51. The van der Waals surface area contributed by atoms with Crippen molar-refractivity contribution in [2.75, 3.05) is 5.32 Å². The van der Waals surface area contributed by atoms with Gasteiger partial charge in [0, 0.05) is 23.2 Å². The Labute approximate surface area is 141 Å². The standard InChI is InChI=1S/C17H14N4O4/c1-11-14-4-2-3-5-15(14)17(23)20(19-11)10-16(22)18-12-6-8-13(9-7-12)21(24)25/h2-9H,10H2,1H3,(H,18,22). The van der Waals surface area contributed by atoms with Crippen LogP contribution < -0.4 is 10.9 Å². The summed E-state index contributed by atoms with van der Waals surface area (Å²) < 4.78 is 1.11. The molecule has 1 N–H and O–H groups in total. The molecule has 0 spiro atoms. The van der Waals surface area contributed by atoms with Crippen molar-refractivity contribution in [3.63, 3.8) is 0 Å². The van der Waals surface area contributed by atoms with Crippen LogP contribution in [0.25, 0.3) is 10.8 Å². The molecule has 0 fully saturated rings. The van der Waals surface area contributed by atoms with Crippen molar-refractivity contribution in [2.24, 2.45) is 0 Å². The smallest absolute Gasteiger partial charge is 0.275 e. The lowest BCUT2D eigenvalue weighted by Crippen LogP contribution is -2.30. The number of rotatable bonds is 4. The number of non-ortho nitro benzene ring substituents is 1. The number of hydrogen-bond donors (Lipinski definition) is 1. The summed E-state index contributed by atoms with van der Waals surface area (Å²) in [5.74, 6) is -0.446. The highest BCUT2D eigenvalue weighted by Gasteiger charge is 2.11.